The van der Waals surface area contributed by atoms with Crippen LogP contribution in [0.5, 0.6) is 0 Å². The van der Waals surface area contributed by atoms with Crippen molar-refractivity contribution >= 4 is 34.8 Å². The fraction of sp³-hybridized carbons (Fsp3) is 0.222. The molecule has 1 aromatic carbocycles. The molecule has 4 rings (SSSR count). The van der Waals surface area contributed by atoms with Gasteiger partial charge in [0.25, 0.3) is 0 Å². The van der Waals surface area contributed by atoms with Gasteiger partial charge in [0.1, 0.15) is 0 Å². The number of carbonyl (C=O) groups is 2. The molecule has 0 saturated heterocycles. The molecule has 7 heteroatoms. The van der Waals surface area contributed by atoms with Crippen LogP contribution in [0.4, 0.5) is 5.69 Å². The number of benzene rings is 1. The van der Waals surface area contributed by atoms with Gasteiger partial charge in [0.05, 0.1) is 11.2 Å². The summed E-state index contributed by atoms with van der Waals surface area (Å²) in [6.07, 6.45) is 1.87. The van der Waals surface area contributed by atoms with Crippen molar-refractivity contribution in [1.29, 1.82) is 0 Å². The summed E-state index contributed by atoms with van der Waals surface area (Å²) in [4.78, 5) is 24.6. The van der Waals surface area contributed by atoms with Crippen LogP contribution in [0.1, 0.15) is 29.8 Å². The number of nitrogens with zero attached hydrogens (tertiary/aromatic N) is 3. The highest BCUT2D eigenvalue weighted by Crippen LogP contribution is 2.37. The van der Waals surface area contributed by atoms with Crippen LogP contribution in [0, 0.1) is 0 Å². The first-order valence-electron chi connectivity index (χ1n) is 7.88. The van der Waals surface area contributed by atoms with Gasteiger partial charge in [-0.15, -0.1) is 10.2 Å². The maximum atomic E-state index is 12.6. The molecule has 0 atom stereocenters. The Labute approximate surface area is 148 Å². The van der Waals surface area contributed by atoms with E-state index in [9.17, 15) is 9.59 Å². The quantitative estimate of drug-likeness (QED) is 0.577. The highest BCUT2D eigenvalue weighted by molar-refractivity contribution is 7.99. The van der Waals surface area contributed by atoms with Crippen molar-refractivity contribution in [3.05, 3.63) is 53.7 Å². The number of ketones is 1. The van der Waals surface area contributed by atoms with Crippen LogP contribution in [0.15, 0.2) is 47.8 Å². The molecular weight excluding hydrogens is 336 g/mol. The Morgan fingerprint density at radius 1 is 1.24 bits per heavy atom. The zero-order valence-electron chi connectivity index (χ0n) is 13.8. The molecule has 1 aliphatic rings. The molecule has 3 heterocycles. The molecule has 126 valence electrons. The van der Waals surface area contributed by atoms with Gasteiger partial charge < -0.3 is 5.32 Å². The van der Waals surface area contributed by atoms with Crippen molar-refractivity contribution in [3.63, 3.8) is 0 Å². The largest absolute Gasteiger partial charge is 0.325 e. The molecule has 0 bridgehead atoms. The summed E-state index contributed by atoms with van der Waals surface area (Å²) in [5, 5.41) is 11.7. The number of hydrogen-bond donors (Lipinski definition) is 1. The van der Waals surface area contributed by atoms with E-state index in [1.165, 1.54) is 11.8 Å². The lowest BCUT2D eigenvalue weighted by Crippen LogP contribution is -2.27. The first kappa shape index (κ1) is 15.8. The minimum atomic E-state index is -0.623. The second-order valence-electron chi connectivity index (χ2n) is 6.46. The van der Waals surface area contributed by atoms with E-state index in [0.717, 1.165) is 16.9 Å². The first-order valence-corrected chi connectivity index (χ1v) is 8.87. The third kappa shape index (κ3) is 2.60. The van der Waals surface area contributed by atoms with Gasteiger partial charge in [-0.25, -0.2) is 0 Å². The summed E-state index contributed by atoms with van der Waals surface area (Å²) in [7, 11) is 0. The normalized spacial score (nSPS) is 15.2. The van der Waals surface area contributed by atoms with E-state index in [2.05, 4.69) is 15.5 Å². The highest BCUT2D eigenvalue weighted by atomic mass is 32.2. The molecule has 3 aromatic rings. The Hall–Kier alpha value is -2.67. The molecular formula is C18H16N4O2S. The molecule has 0 spiro atoms. The molecule has 2 aromatic heterocycles. The van der Waals surface area contributed by atoms with E-state index in [4.69, 9.17) is 0 Å². The van der Waals surface area contributed by atoms with Gasteiger partial charge in [0, 0.05) is 17.4 Å². The van der Waals surface area contributed by atoms with Crippen LogP contribution < -0.4 is 5.32 Å². The van der Waals surface area contributed by atoms with Crippen molar-refractivity contribution in [1.82, 2.24) is 14.6 Å². The summed E-state index contributed by atoms with van der Waals surface area (Å²) in [5.74, 6) is 0.211. The smallest absolute Gasteiger partial charge is 0.234 e. The summed E-state index contributed by atoms with van der Waals surface area (Å²) in [5.41, 5.74) is 2.37. The maximum Gasteiger partial charge on any atom is 0.234 e. The SMILES string of the molecule is CC1(C)C(=O)Nc2ccc(C(=O)CSc3nnc4ccccn34)cc21. The number of anilines is 1. The second-order valence-corrected chi connectivity index (χ2v) is 7.41. The minimum Gasteiger partial charge on any atom is -0.325 e. The number of aromatic nitrogens is 3. The van der Waals surface area contributed by atoms with Crippen LogP contribution in [0.25, 0.3) is 5.65 Å². The van der Waals surface area contributed by atoms with E-state index < -0.39 is 5.41 Å². The number of amides is 1. The number of nitrogens with one attached hydrogen (secondary N) is 1. The zero-order chi connectivity index (χ0) is 17.6. The molecule has 0 aliphatic carbocycles. The van der Waals surface area contributed by atoms with E-state index in [-0.39, 0.29) is 17.4 Å². The van der Waals surface area contributed by atoms with Gasteiger partial charge in [-0.1, -0.05) is 17.8 Å². The predicted octanol–water partition coefficient (Wildman–Crippen LogP) is 2.93. The summed E-state index contributed by atoms with van der Waals surface area (Å²) >= 11 is 1.35. The fourth-order valence-electron chi connectivity index (χ4n) is 2.88. The Morgan fingerprint density at radius 3 is 2.92 bits per heavy atom. The lowest BCUT2D eigenvalue weighted by molar-refractivity contribution is -0.119. The average molecular weight is 352 g/mol. The highest BCUT2D eigenvalue weighted by Gasteiger charge is 2.38. The Balaban J connectivity index is 1.55. The van der Waals surface area contributed by atoms with Gasteiger partial charge in [-0.05, 0) is 49.7 Å². The number of thioether (sulfide) groups is 1. The Morgan fingerprint density at radius 2 is 2.08 bits per heavy atom. The number of hydrogen-bond acceptors (Lipinski definition) is 5. The topological polar surface area (TPSA) is 76.4 Å². The number of rotatable bonds is 4. The number of Topliss-reactive ketones (excluding diaryl/α,β-unsaturated/α-hetero) is 1. The van der Waals surface area contributed by atoms with Crippen LogP contribution in [-0.4, -0.2) is 32.0 Å². The van der Waals surface area contributed by atoms with E-state index in [0.29, 0.717) is 10.7 Å². The molecule has 25 heavy (non-hydrogen) atoms. The van der Waals surface area contributed by atoms with E-state index in [1.807, 2.05) is 48.7 Å². The molecule has 0 saturated carbocycles. The minimum absolute atomic E-state index is 0.00405. The van der Waals surface area contributed by atoms with Crippen molar-refractivity contribution in [2.75, 3.05) is 11.1 Å². The Kier molecular flexibility index (Phi) is 3.61. The molecule has 1 N–H and O–H groups in total. The third-order valence-corrected chi connectivity index (χ3v) is 5.39. The van der Waals surface area contributed by atoms with E-state index >= 15 is 0 Å². The maximum absolute atomic E-state index is 12.6. The number of fused-ring (bicyclic) bond motifs is 2. The van der Waals surface area contributed by atoms with Gasteiger partial charge in [-0.3, -0.25) is 14.0 Å². The zero-order valence-corrected chi connectivity index (χ0v) is 14.6. The van der Waals surface area contributed by atoms with E-state index in [1.54, 1.807) is 12.1 Å². The molecule has 6 nitrogen and oxygen atoms in total. The van der Waals surface area contributed by atoms with Crippen LogP contribution in [0.2, 0.25) is 0 Å². The molecule has 1 aliphatic heterocycles. The van der Waals surface area contributed by atoms with Crippen molar-refractivity contribution in [2.24, 2.45) is 0 Å². The first-order chi connectivity index (χ1) is 12.0. The molecule has 0 fully saturated rings. The lowest BCUT2D eigenvalue weighted by atomic mass is 9.85. The number of pyridine rings is 1. The van der Waals surface area contributed by atoms with Gasteiger partial charge in [0.2, 0.25) is 5.91 Å². The molecule has 0 unspecified atom stereocenters. The summed E-state index contributed by atoms with van der Waals surface area (Å²) in [6, 6.07) is 11.0. The van der Waals surface area contributed by atoms with Crippen molar-refractivity contribution in [3.8, 4) is 0 Å². The Bertz CT molecular complexity index is 1010. The standard InChI is InChI=1S/C18H16N4O2S/c1-18(2)12-9-11(6-7-13(12)19-16(18)24)14(23)10-25-17-21-20-15-5-3-4-8-22(15)17/h3-9H,10H2,1-2H3,(H,19,24). The van der Waals surface area contributed by atoms with Gasteiger partial charge in [-0.2, -0.15) is 0 Å². The monoisotopic (exact) mass is 352 g/mol. The lowest BCUT2D eigenvalue weighted by Gasteiger charge is -2.15. The van der Waals surface area contributed by atoms with Crippen LogP contribution in [0.3, 0.4) is 0 Å². The summed E-state index contributed by atoms with van der Waals surface area (Å²) < 4.78 is 1.85. The second kappa shape index (κ2) is 5.70. The molecule has 0 radical (unpaired) electrons. The van der Waals surface area contributed by atoms with Crippen LogP contribution in [-0.2, 0) is 10.2 Å². The summed E-state index contributed by atoms with van der Waals surface area (Å²) in [6.45, 7) is 3.72. The average Bonchev–Trinajstić information content (AvgIpc) is 3.12. The predicted molar refractivity (Wildman–Crippen MR) is 96.1 cm³/mol. The fourth-order valence-corrected chi connectivity index (χ4v) is 3.69. The van der Waals surface area contributed by atoms with Gasteiger partial charge in [0.15, 0.2) is 16.6 Å². The van der Waals surface area contributed by atoms with Crippen molar-refractivity contribution < 1.29 is 9.59 Å². The molecule has 1 amide bonds. The third-order valence-electron chi connectivity index (χ3n) is 4.45. The number of carbonyl (C=O) groups excluding carboxylic acids is 2. The van der Waals surface area contributed by atoms with Gasteiger partial charge >= 0.3 is 0 Å². The van der Waals surface area contributed by atoms with Crippen LogP contribution >= 0.6 is 11.8 Å². The van der Waals surface area contributed by atoms with Crippen molar-refractivity contribution in [2.45, 2.75) is 24.4 Å².